The van der Waals surface area contributed by atoms with Gasteiger partial charge in [-0.2, -0.15) is 0 Å². The number of hydrogen-bond acceptors (Lipinski definition) is 7. The number of carbonyl (C=O) groups is 2. The maximum Gasteiger partial charge on any atom is 0.324 e. The number of anilines is 2. The second-order valence-electron chi connectivity index (χ2n) is 4.91. The summed E-state index contributed by atoms with van der Waals surface area (Å²) in [6.07, 6.45) is 0.720. The van der Waals surface area contributed by atoms with Crippen molar-refractivity contribution in [2.75, 3.05) is 24.2 Å². The van der Waals surface area contributed by atoms with Gasteiger partial charge in [0.05, 0.1) is 6.54 Å². The average Bonchev–Trinajstić information content (AvgIpc) is 3.12. The Labute approximate surface area is 155 Å². The number of urea groups is 1. The number of thioether (sulfide) groups is 1. The summed E-state index contributed by atoms with van der Waals surface area (Å²) < 4.78 is 1.84. The van der Waals surface area contributed by atoms with Gasteiger partial charge in [-0.05, 0) is 24.6 Å². The Hall–Kier alpha value is -1.65. The van der Waals surface area contributed by atoms with Crippen molar-refractivity contribution in [3.8, 4) is 0 Å². The molecule has 2 aromatic rings. The minimum atomic E-state index is -0.304. The number of aromatic nitrogens is 2. The lowest BCUT2D eigenvalue weighted by Gasteiger charge is -2.10. The molecule has 0 radical (unpaired) electrons. The SMILES string of the molecule is O=C1CNC(=O)N1CCCSc1nnc(Nc2cccc(Br)c2)s1. The van der Waals surface area contributed by atoms with Gasteiger partial charge in [0.2, 0.25) is 11.0 Å². The first-order chi connectivity index (χ1) is 11.6. The quantitative estimate of drug-likeness (QED) is 0.401. The standard InChI is InChI=1S/C14H14BrN5O2S2/c15-9-3-1-4-10(7-9)17-12-18-19-14(24-12)23-6-2-5-20-11(21)8-16-13(20)22/h1,3-4,7H,2,5-6,8H2,(H,16,22)(H,17,18). The van der Waals surface area contributed by atoms with Crippen LogP contribution in [-0.2, 0) is 4.79 Å². The van der Waals surface area contributed by atoms with Gasteiger partial charge in [-0.1, -0.05) is 45.1 Å². The highest BCUT2D eigenvalue weighted by molar-refractivity contribution is 9.10. The molecule has 1 aliphatic heterocycles. The third-order valence-corrected chi connectivity index (χ3v) is 5.72. The first-order valence-corrected chi connectivity index (χ1v) is 9.78. The smallest absolute Gasteiger partial charge is 0.324 e. The van der Waals surface area contributed by atoms with Gasteiger partial charge in [-0.3, -0.25) is 9.69 Å². The van der Waals surface area contributed by atoms with Crippen LogP contribution in [0.15, 0.2) is 33.1 Å². The minimum absolute atomic E-state index is 0.104. The van der Waals surface area contributed by atoms with Crippen molar-refractivity contribution >= 4 is 61.8 Å². The largest absolute Gasteiger partial charge is 0.330 e. The van der Waals surface area contributed by atoms with E-state index in [0.717, 1.165) is 31.8 Å². The lowest BCUT2D eigenvalue weighted by molar-refractivity contribution is -0.124. The zero-order valence-electron chi connectivity index (χ0n) is 12.5. The van der Waals surface area contributed by atoms with Gasteiger partial charge in [0, 0.05) is 22.5 Å². The Morgan fingerprint density at radius 2 is 2.25 bits per heavy atom. The summed E-state index contributed by atoms with van der Waals surface area (Å²) in [4.78, 5) is 24.1. The van der Waals surface area contributed by atoms with E-state index in [0.29, 0.717) is 6.54 Å². The molecule has 24 heavy (non-hydrogen) atoms. The topological polar surface area (TPSA) is 87.2 Å². The first kappa shape index (κ1) is 17.2. The fraction of sp³-hybridized carbons (Fsp3) is 0.286. The van der Waals surface area contributed by atoms with Gasteiger partial charge in [-0.15, -0.1) is 10.2 Å². The molecule has 0 unspecified atom stereocenters. The van der Waals surface area contributed by atoms with Crippen LogP contribution in [0, 0.1) is 0 Å². The summed E-state index contributed by atoms with van der Waals surface area (Å²) in [6, 6.07) is 7.52. The maximum atomic E-state index is 11.5. The van der Waals surface area contributed by atoms with Crippen molar-refractivity contribution in [1.82, 2.24) is 20.4 Å². The van der Waals surface area contributed by atoms with Crippen LogP contribution in [0.5, 0.6) is 0 Å². The first-order valence-electron chi connectivity index (χ1n) is 7.19. The second-order valence-corrected chi connectivity index (χ2v) is 8.15. The molecular weight excluding hydrogens is 414 g/mol. The van der Waals surface area contributed by atoms with Crippen molar-refractivity contribution < 1.29 is 9.59 Å². The van der Waals surface area contributed by atoms with E-state index < -0.39 is 0 Å². The number of rotatable bonds is 7. The van der Waals surface area contributed by atoms with Crippen LogP contribution < -0.4 is 10.6 Å². The molecule has 0 spiro atoms. The second kappa shape index (κ2) is 7.95. The van der Waals surface area contributed by atoms with Gasteiger partial charge in [0.25, 0.3) is 0 Å². The van der Waals surface area contributed by atoms with Crippen LogP contribution >= 0.6 is 39.0 Å². The molecule has 0 saturated carbocycles. The maximum absolute atomic E-state index is 11.5. The van der Waals surface area contributed by atoms with Crippen molar-refractivity contribution in [3.05, 3.63) is 28.7 Å². The predicted octanol–water partition coefficient (Wildman–Crippen LogP) is 3.08. The highest BCUT2D eigenvalue weighted by Crippen LogP contribution is 2.28. The van der Waals surface area contributed by atoms with E-state index in [4.69, 9.17) is 0 Å². The summed E-state index contributed by atoms with van der Waals surface area (Å²) in [6.45, 7) is 0.534. The molecular formula is C14H14BrN5O2S2. The lowest BCUT2D eigenvalue weighted by atomic mass is 10.3. The molecule has 1 fully saturated rings. The van der Waals surface area contributed by atoms with E-state index in [2.05, 4.69) is 36.8 Å². The fourth-order valence-electron chi connectivity index (χ4n) is 2.07. The van der Waals surface area contributed by atoms with Gasteiger partial charge >= 0.3 is 6.03 Å². The molecule has 1 aromatic carbocycles. The Morgan fingerprint density at radius 1 is 1.38 bits per heavy atom. The van der Waals surface area contributed by atoms with Gasteiger partial charge in [-0.25, -0.2) is 4.79 Å². The Balaban J connectivity index is 1.44. The fourth-order valence-corrected chi connectivity index (χ4v) is 4.24. The van der Waals surface area contributed by atoms with E-state index in [1.165, 1.54) is 16.2 Å². The van der Waals surface area contributed by atoms with Crippen LogP contribution in [0.3, 0.4) is 0 Å². The predicted molar refractivity (Wildman–Crippen MR) is 97.8 cm³/mol. The van der Waals surface area contributed by atoms with Gasteiger partial charge in [0.1, 0.15) is 0 Å². The van der Waals surface area contributed by atoms with Crippen LogP contribution in [-0.4, -0.2) is 45.9 Å². The number of imide groups is 1. The Kier molecular flexibility index (Phi) is 5.69. The lowest BCUT2D eigenvalue weighted by Crippen LogP contribution is -2.32. The van der Waals surface area contributed by atoms with E-state index >= 15 is 0 Å². The summed E-state index contributed by atoms with van der Waals surface area (Å²) in [7, 11) is 0. The third kappa shape index (κ3) is 4.46. The number of hydrogen-bond donors (Lipinski definition) is 2. The molecule has 1 aliphatic rings. The van der Waals surface area contributed by atoms with E-state index in [-0.39, 0.29) is 18.5 Å². The number of nitrogens with zero attached hydrogens (tertiary/aromatic N) is 3. The number of halogens is 1. The minimum Gasteiger partial charge on any atom is -0.330 e. The number of nitrogens with one attached hydrogen (secondary N) is 2. The molecule has 1 saturated heterocycles. The molecule has 3 amide bonds. The molecule has 2 N–H and O–H groups in total. The highest BCUT2D eigenvalue weighted by Gasteiger charge is 2.27. The van der Waals surface area contributed by atoms with Crippen LogP contribution in [0.25, 0.3) is 0 Å². The molecule has 7 nitrogen and oxygen atoms in total. The normalized spacial score (nSPS) is 14.1. The summed E-state index contributed by atoms with van der Waals surface area (Å²) in [5.41, 5.74) is 0.940. The Morgan fingerprint density at radius 3 is 3.00 bits per heavy atom. The van der Waals surface area contributed by atoms with E-state index in [9.17, 15) is 9.59 Å². The zero-order chi connectivity index (χ0) is 16.9. The number of carbonyl (C=O) groups excluding carboxylic acids is 2. The van der Waals surface area contributed by atoms with E-state index in [1.807, 2.05) is 24.3 Å². The zero-order valence-corrected chi connectivity index (χ0v) is 15.7. The highest BCUT2D eigenvalue weighted by atomic mass is 79.9. The molecule has 0 bridgehead atoms. The van der Waals surface area contributed by atoms with Crippen molar-refractivity contribution in [2.45, 2.75) is 10.8 Å². The number of amides is 3. The summed E-state index contributed by atoms with van der Waals surface area (Å²) >= 11 is 6.46. The van der Waals surface area contributed by atoms with Crippen molar-refractivity contribution in [2.24, 2.45) is 0 Å². The summed E-state index contributed by atoms with van der Waals surface area (Å²) in [5, 5.41) is 14.7. The van der Waals surface area contributed by atoms with Gasteiger partial charge in [0.15, 0.2) is 4.34 Å². The average molecular weight is 428 g/mol. The number of benzene rings is 1. The molecule has 0 atom stereocenters. The van der Waals surface area contributed by atoms with Crippen LogP contribution in [0.4, 0.5) is 15.6 Å². The van der Waals surface area contributed by atoms with Crippen molar-refractivity contribution in [1.29, 1.82) is 0 Å². The van der Waals surface area contributed by atoms with Crippen LogP contribution in [0.1, 0.15) is 6.42 Å². The molecule has 3 rings (SSSR count). The van der Waals surface area contributed by atoms with Crippen molar-refractivity contribution in [3.63, 3.8) is 0 Å². The van der Waals surface area contributed by atoms with E-state index in [1.54, 1.807) is 11.8 Å². The molecule has 2 heterocycles. The molecule has 0 aliphatic carbocycles. The van der Waals surface area contributed by atoms with Crippen LogP contribution in [0.2, 0.25) is 0 Å². The monoisotopic (exact) mass is 427 g/mol. The Bertz CT molecular complexity index is 738. The summed E-state index contributed by atoms with van der Waals surface area (Å²) in [5.74, 6) is 0.601. The molecule has 1 aromatic heterocycles. The molecule has 126 valence electrons. The third-order valence-electron chi connectivity index (χ3n) is 3.17. The van der Waals surface area contributed by atoms with Gasteiger partial charge < -0.3 is 10.6 Å². The molecule has 10 heteroatoms.